The first-order valence-electron chi connectivity index (χ1n) is 5.73. The maximum absolute atomic E-state index is 13.1. The van der Waals surface area contributed by atoms with Crippen LogP contribution in [-0.2, 0) is 11.3 Å². The number of carboxylic acid groups (broad SMARTS) is 1. The molecule has 0 saturated heterocycles. The van der Waals surface area contributed by atoms with Gasteiger partial charge in [-0.2, -0.15) is 0 Å². The summed E-state index contributed by atoms with van der Waals surface area (Å²) in [5.74, 6) is -1.41. The van der Waals surface area contributed by atoms with Crippen molar-refractivity contribution in [2.75, 3.05) is 13.6 Å². The predicted octanol–water partition coefficient (Wildman–Crippen LogP) is 2.03. The topological polar surface area (TPSA) is 83.7 Å². The molecule has 1 N–H and O–H groups in total. The molecular formula is C12H15FN2O4. The number of nitro groups is 1. The fourth-order valence-electron chi connectivity index (χ4n) is 1.73. The van der Waals surface area contributed by atoms with Gasteiger partial charge in [-0.3, -0.25) is 14.9 Å². The van der Waals surface area contributed by atoms with E-state index in [0.29, 0.717) is 13.0 Å². The summed E-state index contributed by atoms with van der Waals surface area (Å²) < 4.78 is 13.1. The standard InChI is InChI=1S/C12H15FN2O4/c1-14(6-2-3-12(16)17)8-9-7-10(13)4-5-11(9)15(18)19/h4-5,7H,2-3,6,8H2,1H3,(H,16,17). The van der Waals surface area contributed by atoms with E-state index in [0.717, 1.165) is 18.2 Å². The molecule has 0 aliphatic heterocycles. The van der Waals surface area contributed by atoms with E-state index in [1.165, 1.54) is 0 Å². The summed E-state index contributed by atoms with van der Waals surface area (Å²) >= 11 is 0. The van der Waals surface area contributed by atoms with Crippen molar-refractivity contribution >= 4 is 11.7 Å². The van der Waals surface area contributed by atoms with Crippen molar-refractivity contribution in [3.63, 3.8) is 0 Å². The molecule has 104 valence electrons. The molecule has 0 aromatic heterocycles. The van der Waals surface area contributed by atoms with Crippen molar-refractivity contribution < 1.29 is 19.2 Å². The Balaban J connectivity index is 2.67. The first-order valence-corrected chi connectivity index (χ1v) is 5.73. The molecule has 0 saturated carbocycles. The number of carbonyl (C=O) groups is 1. The van der Waals surface area contributed by atoms with E-state index in [2.05, 4.69) is 0 Å². The zero-order valence-corrected chi connectivity index (χ0v) is 10.5. The van der Waals surface area contributed by atoms with Crippen LogP contribution in [0.25, 0.3) is 0 Å². The van der Waals surface area contributed by atoms with Crippen LogP contribution in [0.1, 0.15) is 18.4 Å². The van der Waals surface area contributed by atoms with Gasteiger partial charge in [0.05, 0.1) is 4.92 Å². The summed E-state index contributed by atoms with van der Waals surface area (Å²) in [6, 6.07) is 3.31. The number of hydrogen-bond donors (Lipinski definition) is 1. The lowest BCUT2D eigenvalue weighted by Crippen LogP contribution is -2.20. The zero-order valence-electron chi connectivity index (χ0n) is 10.5. The van der Waals surface area contributed by atoms with Crippen molar-refractivity contribution in [2.45, 2.75) is 19.4 Å². The average molecular weight is 270 g/mol. The van der Waals surface area contributed by atoms with Crippen molar-refractivity contribution in [1.82, 2.24) is 4.90 Å². The van der Waals surface area contributed by atoms with Crippen LogP contribution in [-0.4, -0.2) is 34.5 Å². The van der Waals surface area contributed by atoms with Crippen molar-refractivity contribution in [1.29, 1.82) is 0 Å². The van der Waals surface area contributed by atoms with E-state index in [1.54, 1.807) is 11.9 Å². The fraction of sp³-hybridized carbons (Fsp3) is 0.417. The van der Waals surface area contributed by atoms with Gasteiger partial charge in [0.1, 0.15) is 5.82 Å². The first-order chi connectivity index (χ1) is 8.90. The van der Waals surface area contributed by atoms with Crippen LogP contribution in [0, 0.1) is 15.9 Å². The molecule has 0 radical (unpaired) electrons. The van der Waals surface area contributed by atoms with E-state index >= 15 is 0 Å². The summed E-state index contributed by atoms with van der Waals surface area (Å²) in [5, 5.41) is 19.3. The predicted molar refractivity (Wildman–Crippen MR) is 66.3 cm³/mol. The molecule has 0 aliphatic carbocycles. The Hall–Kier alpha value is -2.02. The lowest BCUT2D eigenvalue weighted by Gasteiger charge is -2.16. The van der Waals surface area contributed by atoms with Crippen LogP contribution in [0.4, 0.5) is 10.1 Å². The van der Waals surface area contributed by atoms with Crippen LogP contribution in [0.3, 0.4) is 0 Å². The number of benzene rings is 1. The molecule has 7 heteroatoms. The van der Waals surface area contributed by atoms with Gasteiger partial charge in [0.2, 0.25) is 0 Å². The molecule has 1 rings (SSSR count). The average Bonchev–Trinajstić information content (AvgIpc) is 2.27. The molecule has 0 fully saturated rings. The highest BCUT2D eigenvalue weighted by Gasteiger charge is 2.15. The smallest absolute Gasteiger partial charge is 0.303 e. The molecule has 0 heterocycles. The number of halogens is 1. The van der Waals surface area contributed by atoms with E-state index in [1.807, 2.05) is 0 Å². The first kappa shape index (κ1) is 15.0. The van der Waals surface area contributed by atoms with Gasteiger partial charge >= 0.3 is 5.97 Å². The van der Waals surface area contributed by atoms with Gasteiger partial charge < -0.3 is 10.0 Å². The van der Waals surface area contributed by atoms with E-state index in [9.17, 15) is 19.3 Å². The maximum Gasteiger partial charge on any atom is 0.303 e. The van der Waals surface area contributed by atoms with E-state index in [-0.39, 0.29) is 24.2 Å². The van der Waals surface area contributed by atoms with Gasteiger partial charge in [-0.15, -0.1) is 0 Å². The molecule has 0 spiro atoms. The Bertz CT molecular complexity index is 479. The monoisotopic (exact) mass is 270 g/mol. The normalized spacial score (nSPS) is 10.7. The SMILES string of the molecule is CN(CCCC(=O)O)Cc1cc(F)ccc1[N+](=O)[O-]. The fourth-order valence-corrected chi connectivity index (χ4v) is 1.73. The number of aliphatic carboxylic acids is 1. The van der Waals surface area contributed by atoms with Crippen LogP contribution in [0.2, 0.25) is 0 Å². The summed E-state index contributed by atoms with van der Waals surface area (Å²) in [6.07, 6.45) is 0.477. The van der Waals surface area contributed by atoms with Crippen LogP contribution in [0.5, 0.6) is 0 Å². The highest BCUT2D eigenvalue weighted by molar-refractivity contribution is 5.66. The van der Waals surface area contributed by atoms with Crippen molar-refractivity contribution in [2.24, 2.45) is 0 Å². The molecule has 0 bridgehead atoms. The molecule has 0 amide bonds. The molecule has 1 aromatic carbocycles. The van der Waals surface area contributed by atoms with Crippen LogP contribution in [0.15, 0.2) is 18.2 Å². The number of carboxylic acids is 1. The Morgan fingerprint density at radius 2 is 2.21 bits per heavy atom. The van der Waals surface area contributed by atoms with Gasteiger partial charge in [-0.05, 0) is 32.1 Å². The van der Waals surface area contributed by atoms with Gasteiger partial charge in [0.25, 0.3) is 5.69 Å². The van der Waals surface area contributed by atoms with Gasteiger partial charge in [0, 0.05) is 24.6 Å². The Kier molecular flexibility index (Phi) is 5.37. The van der Waals surface area contributed by atoms with Gasteiger partial charge in [-0.1, -0.05) is 0 Å². The highest BCUT2D eigenvalue weighted by atomic mass is 19.1. The van der Waals surface area contributed by atoms with Crippen molar-refractivity contribution in [3.8, 4) is 0 Å². The zero-order chi connectivity index (χ0) is 14.4. The van der Waals surface area contributed by atoms with Crippen molar-refractivity contribution in [3.05, 3.63) is 39.7 Å². The number of nitrogens with zero attached hydrogens (tertiary/aromatic N) is 2. The number of nitro benzene ring substituents is 1. The number of hydrogen-bond acceptors (Lipinski definition) is 4. The molecule has 1 aromatic rings. The molecule has 19 heavy (non-hydrogen) atoms. The van der Waals surface area contributed by atoms with Gasteiger partial charge in [-0.25, -0.2) is 4.39 Å². The summed E-state index contributed by atoms with van der Waals surface area (Å²) in [5.41, 5.74) is 0.148. The van der Waals surface area contributed by atoms with Crippen LogP contribution < -0.4 is 0 Å². The number of rotatable bonds is 7. The minimum Gasteiger partial charge on any atom is -0.481 e. The van der Waals surface area contributed by atoms with E-state index < -0.39 is 16.7 Å². The molecule has 0 unspecified atom stereocenters. The summed E-state index contributed by atoms with van der Waals surface area (Å²) in [6.45, 7) is 0.674. The third-order valence-corrected chi connectivity index (χ3v) is 2.61. The minimum absolute atomic E-state index is 0.0373. The Morgan fingerprint density at radius 1 is 1.53 bits per heavy atom. The maximum atomic E-state index is 13.1. The third kappa shape index (κ3) is 5.01. The third-order valence-electron chi connectivity index (χ3n) is 2.61. The minimum atomic E-state index is -0.884. The largest absolute Gasteiger partial charge is 0.481 e. The highest BCUT2D eigenvalue weighted by Crippen LogP contribution is 2.20. The Labute approximate surface area is 109 Å². The Morgan fingerprint density at radius 3 is 2.79 bits per heavy atom. The molecular weight excluding hydrogens is 255 g/mol. The lowest BCUT2D eigenvalue weighted by molar-refractivity contribution is -0.385. The molecule has 6 nitrogen and oxygen atoms in total. The molecule has 0 aliphatic rings. The summed E-state index contributed by atoms with van der Waals surface area (Å²) in [7, 11) is 1.70. The molecule has 0 atom stereocenters. The van der Waals surface area contributed by atoms with Gasteiger partial charge in [0.15, 0.2) is 0 Å². The second-order valence-electron chi connectivity index (χ2n) is 4.27. The van der Waals surface area contributed by atoms with E-state index in [4.69, 9.17) is 5.11 Å². The second kappa shape index (κ2) is 6.79. The second-order valence-corrected chi connectivity index (χ2v) is 4.27. The quantitative estimate of drug-likeness (QED) is 0.605. The summed E-state index contributed by atoms with van der Waals surface area (Å²) in [4.78, 5) is 22.3. The lowest BCUT2D eigenvalue weighted by atomic mass is 10.1. The van der Waals surface area contributed by atoms with Crippen LogP contribution >= 0.6 is 0 Å².